The van der Waals surface area contributed by atoms with Crippen LogP contribution in [0.15, 0.2) is 18.3 Å². The number of amides is 1. The minimum Gasteiger partial charge on any atom is -0.337 e. The van der Waals surface area contributed by atoms with Crippen molar-refractivity contribution in [1.82, 2.24) is 15.2 Å². The number of rotatable bonds is 1. The number of carbonyl (C=O) groups excluding carboxylic acids is 1. The molecule has 2 saturated heterocycles. The molecule has 2 unspecified atom stereocenters. The van der Waals surface area contributed by atoms with Crippen molar-refractivity contribution >= 4 is 5.91 Å². The Morgan fingerprint density at radius 2 is 2.22 bits per heavy atom. The maximum Gasteiger partial charge on any atom is 0.255 e. The van der Waals surface area contributed by atoms with Crippen LogP contribution < -0.4 is 5.32 Å². The van der Waals surface area contributed by atoms with E-state index in [1.54, 1.807) is 6.20 Å². The quantitative estimate of drug-likeness (QED) is 0.812. The van der Waals surface area contributed by atoms with Gasteiger partial charge in [0.05, 0.1) is 5.56 Å². The predicted octanol–water partition coefficient (Wildman–Crippen LogP) is 1.36. The highest BCUT2D eigenvalue weighted by atomic mass is 16.2. The molecule has 1 aromatic rings. The van der Waals surface area contributed by atoms with E-state index in [0.717, 1.165) is 30.8 Å². The molecule has 3 heterocycles. The Morgan fingerprint density at radius 1 is 1.39 bits per heavy atom. The van der Waals surface area contributed by atoms with E-state index in [4.69, 9.17) is 0 Å². The third kappa shape index (κ3) is 2.12. The highest BCUT2D eigenvalue weighted by Crippen LogP contribution is 2.21. The fourth-order valence-corrected chi connectivity index (χ4v) is 3.01. The SMILES string of the molecule is Cc1ncccc1C(=O)N1CCC2CCC(C1)N2. The lowest BCUT2D eigenvalue weighted by molar-refractivity contribution is 0.0747. The van der Waals surface area contributed by atoms with Gasteiger partial charge in [-0.2, -0.15) is 0 Å². The van der Waals surface area contributed by atoms with Crippen molar-refractivity contribution < 1.29 is 4.79 Å². The topological polar surface area (TPSA) is 45.2 Å². The van der Waals surface area contributed by atoms with Gasteiger partial charge in [0.2, 0.25) is 0 Å². The predicted molar refractivity (Wildman–Crippen MR) is 69.4 cm³/mol. The van der Waals surface area contributed by atoms with Gasteiger partial charge < -0.3 is 10.2 Å². The number of likely N-dealkylation sites (tertiary alicyclic amines) is 1. The Kier molecular flexibility index (Phi) is 3.04. The number of nitrogens with one attached hydrogen (secondary N) is 1. The zero-order valence-electron chi connectivity index (χ0n) is 10.7. The first-order valence-corrected chi connectivity index (χ1v) is 6.71. The van der Waals surface area contributed by atoms with E-state index >= 15 is 0 Å². The summed E-state index contributed by atoms with van der Waals surface area (Å²) >= 11 is 0. The Hall–Kier alpha value is -1.42. The van der Waals surface area contributed by atoms with Crippen LogP contribution in [0.4, 0.5) is 0 Å². The number of fused-ring (bicyclic) bond motifs is 2. The summed E-state index contributed by atoms with van der Waals surface area (Å²) in [5.74, 6) is 0.134. The summed E-state index contributed by atoms with van der Waals surface area (Å²) in [6.45, 7) is 3.60. The van der Waals surface area contributed by atoms with E-state index in [0.29, 0.717) is 12.1 Å². The number of aromatic nitrogens is 1. The van der Waals surface area contributed by atoms with Crippen LogP contribution in [0.3, 0.4) is 0 Å². The Balaban J connectivity index is 1.78. The van der Waals surface area contributed by atoms with Gasteiger partial charge in [0.1, 0.15) is 0 Å². The van der Waals surface area contributed by atoms with Crippen molar-refractivity contribution in [2.75, 3.05) is 13.1 Å². The lowest BCUT2D eigenvalue weighted by Gasteiger charge is -2.24. The minimum absolute atomic E-state index is 0.134. The fraction of sp³-hybridized carbons (Fsp3) is 0.571. The van der Waals surface area contributed by atoms with Crippen molar-refractivity contribution in [3.63, 3.8) is 0 Å². The molecule has 1 aromatic heterocycles. The van der Waals surface area contributed by atoms with E-state index in [9.17, 15) is 4.79 Å². The average Bonchev–Trinajstić information content (AvgIpc) is 2.69. The smallest absolute Gasteiger partial charge is 0.255 e. The summed E-state index contributed by atoms with van der Waals surface area (Å²) in [5.41, 5.74) is 1.57. The second-order valence-corrected chi connectivity index (χ2v) is 5.31. The molecule has 3 rings (SSSR count). The highest BCUT2D eigenvalue weighted by Gasteiger charge is 2.31. The van der Waals surface area contributed by atoms with Gasteiger partial charge in [-0.1, -0.05) is 0 Å². The van der Waals surface area contributed by atoms with Crippen LogP contribution in [0.1, 0.15) is 35.3 Å². The van der Waals surface area contributed by atoms with E-state index in [2.05, 4.69) is 10.3 Å². The molecular weight excluding hydrogens is 226 g/mol. The molecule has 0 radical (unpaired) electrons. The monoisotopic (exact) mass is 245 g/mol. The Labute approximate surface area is 107 Å². The second kappa shape index (κ2) is 4.69. The van der Waals surface area contributed by atoms with Crippen molar-refractivity contribution in [2.24, 2.45) is 0 Å². The molecule has 0 aromatic carbocycles. The number of carbonyl (C=O) groups is 1. The van der Waals surface area contributed by atoms with Crippen molar-refractivity contribution in [3.05, 3.63) is 29.6 Å². The third-order valence-electron chi connectivity index (χ3n) is 4.05. The first-order chi connectivity index (χ1) is 8.74. The van der Waals surface area contributed by atoms with E-state index in [1.807, 2.05) is 24.0 Å². The van der Waals surface area contributed by atoms with Gasteiger partial charge in [-0.25, -0.2) is 0 Å². The molecule has 96 valence electrons. The van der Waals surface area contributed by atoms with Gasteiger partial charge >= 0.3 is 0 Å². The maximum absolute atomic E-state index is 12.5. The molecule has 4 heteroatoms. The van der Waals surface area contributed by atoms with E-state index < -0.39 is 0 Å². The number of hydrogen-bond donors (Lipinski definition) is 1. The highest BCUT2D eigenvalue weighted by molar-refractivity contribution is 5.95. The van der Waals surface area contributed by atoms with Crippen LogP contribution in [0.2, 0.25) is 0 Å². The molecule has 0 saturated carbocycles. The van der Waals surface area contributed by atoms with Crippen LogP contribution in [0.25, 0.3) is 0 Å². The molecule has 2 aliphatic heterocycles. The molecule has 1 amide bonds. The Morgan fingerprint density at radius 3 is 3.06 bits per heavy atom. The number of nitrogens with zero attached hydrogens (tertiary/aromatic N) is 2. The van der Waals surface area contributed by atoms with Crippen LogP contribution in [-0.4, -0.2) is 41.0 Å². The molecule has 2 bridgehead atoms. The lowest BCUT2D eigenvalue weighted by atomic mass is 10.1. The van der Waals surface area contributed by atoms with Gasteiger partial charge in [-0.15, -0.1) is 0 Å². The first kappa shape index (κ1) is 11.7. The van der Waals surface area contributed by atoms with Gasteiger partial charge in [0.25, 0.3) is 5.91 Å². The largest absolute Gasteiger partial charge is 0.337 e. The summed E-state index contributed by atoms with van der Waals surface area (Å²) in [5, 5.41) is 3.59. The van der Waals surface area contributed by atoms with Gasteiger partial charge in [-0.3, -0.25) is 9.78 Å². The molecule has 2 fully saturated rings. The molecule has 18 heavy (non-hydrogen) atoms. The zero-order chi connectivity index (χ0) is 12.5. The van der Waals surface area contributed by atoms with Crippen molar-refractivity contribution in [1.29, 1.82) is 0 Å². The third-order valence-corrected chi connectivity index (χ3v) is 4.05. The van der Waals surface area contributed by atoms with Crippen molar-refractivity contribution in [2.45, 2.75) is 38.3 Å². The molecule has 4 nitrogen and oxygen atoms in total. The molecule has 0 spiro atoms. The summed E-state index contributed by atoms with van der Waals surface area (Å²) in [6.07, 6.45) is 5.26. The summed E-state index contributed by atoms with van der Waals surface area (Å²) < 4.78 is 0. The standard InChI is InChI=1S/C14H19N3O/c1-10-13(3-2-7-15-10)14(18)17-8-6-11-4-5-12(9-17)16-11/h2-3,7,11-12,16H,4-6,8-9H2,1H3. The molecule has 2 aliphatic rings. The number of aryl methyl sites for hydroxylation is 1. The summed E-state index contributed by atoms with van der Waals surface area (Å²) in [6, 6.07) is 4.81. The lowest BCUT2D eigenvalue weighted by Crippen LogP contribution is -2.39. The summed E-state index contributed by atoms with van der Waals surface area (Å²) in [7, 11) is 0. The van der Waals surface area contributed by atoms with Gasteiger partial charge in [0, 0.05) is 37.1 Å². The molecule has 1 N–H and O–H groups in total. The first-order valence-electron chi connectivity index (χ1n) is 6.71. The minimum atomic E-state index is 0.134. The fourth-order valence-electron chi connectivity index (χ4n) is 3.01. The van der Waals surface area contributed by atoms with Crippen LogP contribution >= 0.6 is 0 Å². The van der Waals surface area contributed by atoms with Gasteiger partial charge in [-0.05, 0) is 38.3 Å². The van der Waals surface area contributed by atoms with Crippen LogP contribution in [0.5, 0.6) is 0 Å². The van der Waals surface area contributed by atoms with Gasteiger partial charge in [0.15, 0.2) is 0 Å². The summed E-state index contributed by atoms with van der Waals surface area (Å²) in [4.78, 5) is 18.7. The number of pyridine rings is 1. The molecule has 0 aliphatic carbocycles. The molecular formula is C14H19N3O. The average molecular weight is 245 g/mol. The Bertz CT molecular complexity index is 460. The maximum atomic E-state index is 12.5. The van der Waals surface area contributed by atoms with E-state index in [-0.39, 0.29) is 5.91 Å². The van der Waals surface area contributed by atoms with E-state index in [1.165, 1.54) is 12.8 Å². The number of hydrogen-bond acceptors (Lipinski definition) is 3. The molecule has 2 atom stereocenters. The normalized spacial score (nSPS) is 27.1. The van der Waals surface area contributed by atoms with Crippen LogP contribution in [-0.2, 0) is 0 Å². The zero-order valence-corrected chi connectivity index (χ0v) is 10.7. The van der Waals surface area contributed by atoms with Crippen LogP contribution in [0, 0.1) is 6.92 Å². The van der Waals surface area contributed by atoms with Crippen molar-refractivity contribution in [3.8, 4) is 0 Å². The second-order valence-electron chi connectivity index (χ2n) is 5.31.